The van der Waals surface area contributed by atoms with Crippen molar-refractivity contribution in [3.8, 4) is 5.75 Å². The molecule has 0 unspecified atom stereocenters. The molecule has 1 N–H and O–H groups in total. The Balaban J connectivity index is 1.45. The fourth-order valence-electron chi connectivity index (χ4n) is 2.68. The van der Waals surface area contributed by atoms with Crippen molar-refractivity contribution in [1.29, 1.82) is 0 Å². The van der Waals surface area contributed by atoms with Gasteiger partial charge >= 0.3 is 0 Å². The van der Waals surface area contributed by atoms with Crippen LogP contribution in [0, 0.1) is 0 Å². The number of carbonyl (C=O) groups excluding carboxylic acids is 2. The molecule has 1 aliphatic rings. The predicted molar refractivity (Wildman–Crippen MR) is 97.1 cm³/mol. The third-order valence-electron chi connectivity index (χ3n) is 4.00. The zero-order chi connectivity index (χ0) is 18.4. The van der Waals surface area contributed by atoms with Crippen molar-refractivity contribution < 1.29 is 14.3 Å². The highest BCUT2D eigenvalue weighted by Crippen LogP contribution is 2.16. The molecule has 1 fully saturated rings. The van der Waals surface area contributed by atoms with Gasteiger partial charge in [-0.15, -0.1) is 0 Å². The molecule has 0 bridgehead atoms. The molecule has 0 atom stereocenters. The number of rotatable bonds is 5. The Hall–Kier alpha value is -3.16. The summed E-state index contributed by atoms with van der Waals surface area (Å²) in [5.74, 6) is 1.09. The molecule has 1 aromatic carbocycles. The van der Waals surface area contributed by atoms with Crippen molar-refractivity contribution in [1.82, 2.24) is 14.9 Å². The van der Waals surface area contributed by atoms with Crippen LogP contribution in [0.1, 0.15) is 6.92 Å². The van der Waals surface area contributed by atoms with Gasteiger partial charge in [-0.3, -0.25) is 9.59 Å². The number of nitrogens with zero attached hydrogens (tertiary/aromatic N) is 4. The standard InChI is InChI=1S/C18H21N5O3/c1-14(24)21-15-3-5-16(6-4-15)26-13-17(25)22-9-11-23(12-10-22)18-19-7-2-8-20-18/h2-8H,9-13H2,1H3,(H,21,24). The molecular formula is C18H21N5O3. The minimum absolute atomic E-state index is 0.0126. The van der Waals surface area contributed by atoms with E-state index in [-0.39, 0.29) is 18.4 Å². The van der Waals surface area contributed by atoms with Crippen LogP contribution in [-0.2, 0) is 9.59 Å². The van der Waals surface area contributed by atoms with E-state index in [2.05, 4.69) is 20.2 Å². The second-order valence-corrected chi connectivity index (χ2v) is 5.91. The smallest absolute Gasteiger partial charge is 0.260 e. The van der Waals surface area contributed by atoms with E-state index < -0.39 is 0 Å². The Labute approximate surface area is 151 Å². The van der Waals surface area contributed by atoms with Gasteiger partial charge in [-0.05, 0) is 30.3 Å². The van der Waals surface area contributed by atoms with Gasteiger partial charge in [-0.2, -0.15) is 0 Å². The quantitative estimate of drug-likeness (QED) is 0.866. The monoisotopic (exact) mass is 355 g/mol. The highest BCUT2D eigenvalue weighted by atomic mass is 16.5. The SMILES string of the molecule is CC(=O)Nc1ccc(OCC(=O)N2CCN(c3ncccn3)CC2)cc1. The third-order valence-corrected chi connectivity index (χ3v) is 4.00. The van der Waals surface area contributed by atoms with Gasteiger partial charge in [0.05, 0.1) is 0 Å². The van der Waals surface area contributed by atoms with Crippen LogP contribution >= 0.6 is 0 Å². The molecule has 8 nitrogen and oxygen atoms in total. The number of hydrogen-bond donors (Lipinski definition) is 1. The van der Waals surface area contributed by atoms with Crippen LogP contribution in [0.5, 0.6) is 5.75 Å². The van der Waals surface area contributed by atoms with Gasteiger partial charge < -0.3 is 19.9 Å². The van der Waals surface area contributed by atoms with Crippen molar-refractivity contribution in [3.63, 3.8) is 0 Å². The topological polar surface area (TPSA) is 87.7 Å². The summed E-state index contributed by atoms with van der Waals surface area (Å²) in [7, 11) is 0. The van der Waals surface area contributed by atoms with Crippen LogP contribution in [0.25, 0.3) is 0 Å². The number of anilines is 2. The summed E-state index contributed by atoms with van der Waals surface area (Å²) in [6.07, 6.45) is 3.43. The highest BCUT2D eigenvalue weighted by Gasteiger charge is 2.22. The van der Waals surface area contributed by atoms with Crippen LogP contribution < -0.4 is 15.0 Å². The second-order valence-electron chi connectivity index (χ2n) is 5.91. The molecule has 3 rings (SSSR count). The number of benzene rings is 1. The molecule has 2 amide bonds. The third kappa shape index (κ3) is 4.69. The molecule has 0 spiro atoms. The van der Waals surface area contributed by atoms with Gasteiger partial charge in [0.25, 0.3) is 5.91 Å². The van der Waals surface area contributed by atoms with Crippen molar-refractivity contribution in [2.75, 3.05) is 43.0 Å². The molecule has 8 heteroatoms. The maximum absolute atomic E-state index is 12.3. The molecule has 26 heavy (non-hydrogen) atoms. The van der Waals surface area contributed by atoms with Crippen molar-refractivity contribution in [2.24, 2.45) is 0 Å². The first-order valence-electron chi connectivity index (χ1n) is 8.42. The first kappa shape index (κ1) is 17.7. The molecule has 1 saturated heterocycles. The molecular weight excluding hydrogens is 334 g/mol. The number of amides is 2. The lowest BCUT2D eigenvalue weighted by Gasteiger charge is -2.34. The van der Waals surface area contributed by atoms with Gasteiger partial charge in [-0.25, -0.2) is 9.97 Å². The van der Waals surface area contributed by atoms with Crippen LogP contribution in [0.15, 0.2) is 42.7 Å². The Kier molecular flexibility index (Phi) is 5.62. The number of nitrogens with one attached hydrogen (secondary N) is 1. The van der Waals surface area contributed by atoms with Crippen molar-refractivity contribution in [3.05, 3.63) is 42.7 Å². The van der Waals surface area contributed by atoms with E-state index in [0.717, 1.165) is 0 Å². The second kappa shape index (κ2) is 8.28. The summed E-state index contributed by atoms with van der Waals surface area (Å²) >= 11 is 0. The van der Waals surface area contributed by atoms with Crippen molar-refractivity contribution in [2.45, 2.75) is 6.92 Å². The van der Waals surface area contributed by atoms with E-state index in [9.17, 15) is 9.59 Å². The Morgan fingerprint density at radius 2 is 1.73 bits per heavy atom. The summed E-state index contributed by atoms with van der Waals surface area (Å²) in [6.45, 7) is 4.06. The fourth-order valence-corrected chi connectivity index (χ4v) is 2.68. The molecule has 0 saturated carbocycles. The molecule has 2 heterocycles. The van der Waals surface area contributed by atoms with Crippen LogP contribution in [0.2, 0.25) is 0 Å². The number of aromatic nitrogens is 2. The van der Waals surface area contributed by atoms with E-state index in [1.807, 2.05) is 0 Å². The summed E-state index contributed by atoms with van der Waals surface area (Å²) in [4.78, 5) is 35.6. The first-order valence-corrected chi connectivity index (χ1v) is 8.42. The Morgan fingerprint density at radius 1 is 1.08 bits per heavy atom. The average molecular weight is 355 g/mol. The lowest BCUT2D eigenvalue weighted by Crippen LogP contribution is -2.50. The normalized spacial score (nSPS) is 14.0. The Morgan fingerprint density at radius 3 is 2.35 bits per heavy atom. The molecule has 0 radical (unpaired) electrons. The molecule has 1 aromatic heterocycles. The van der Waals surface area contributed by atoms with Crippen LogP contribution in [-0.4, -0.2) is 59.5 Å². The lowest BCUT2D eigenvalue weighted by molar-refractivity contribution is -0.133. The number of piperazine rings is 1. The summed E-state index contributed by atoms with van der Waals surface area (Å²) in [6, 6.07) is 8.70. The number of hydrogen-bond acceptors (Lipinski definition) is 6. The van der Waals surface area contributed by atoms with Crippen molar-refractivity contribution >= 4 is 23.5 Å². The van der Waals surface area contributed by atoms with Gasteiger partial charge in [0.2, 0.25) is 11.9 Å². The maximum atomic E-state index is 12.3. The highest BCUT2D eigenvalue weighted by molar-refractivity contribution is 5.88. The lowest BCUT2D eigenvalue weighted by atomic mass is 10.3. The maximum Gasteiger partial charge on any atom is 0.260 e. The summed E-state index contributed by atoms with van der Waals surface area (Å²) in [5.41, 5.74) is 0.690. The average Bonchev–Trinajstić information content (AvgIpc) is 2.67. The number of carbonyl (C=O) groups is 2. The molecule has 2 aromatic rings. The summed E-state index contributed by atoms with van der Waals surface area (Å²) in [5, 5.41) is 2.68. The summed E-state index contributed by atoms with van der Waals surface area (Å²) < 4.78 is 5.55. The van der Waals surface area contributed by atoms with E-state index in [1.165, 1.54) is 6.92 Å². The number of ether oxygens (including phenoxy) is 1. The van der Waals surface area contributed by atoms with Gasteiger partial charge in [-0.1, -0.05) is 0 Å². The fraction of sp³-hybridized carbons (Fsp3) is 0.333. The van der Waals surface area contributed by atoms with Gasteiger partial charge in [0, 0.05) is 51.2 Å². The molecule has 136 valence electrons. The van der Waals surface area contributed by atoms with E-state index in [4.69, 9.17) is 4.74 Å². The Bertz CT molecular complexity index is 743. The molecule has 0 aliphatic carbocycles. The van der Waals surface area contributed by atoms with Crippen LogP contribution in [0.4, 0.5) is 11.6 Å². The van der Waals surface area contributed by atoms with Gasteiger partial charge in [0.1, 0.15) is 5.75 Å². The van der Waals surface area contributed by atoms with E-state index in [1.54, 1.807) is 47.6 Å². The van der Waals surface area contributed by atoms with Crippen LogP contribution in [0.3, 0.4) is 0 Å². The molecule has 1 aliphatic heterocycles. The largest absolute Gasteiger partial charge is 0.484 e. The van der Waals surface area contributed by atoms with Gasteiger partial charge in [0.15, 0.2) is 6.61 Å². The minimum atomic E-state index is -0.131. The zero-order valence-corrected chi connectivity index (χ0v) is 14.6. The zero-order valence-electron chi connectivity index (χ0n) is 14.6. The predicted octanol–water partition coefficient (Wildman–Crippen LogP) is 1.16. The van der Waals surface area contributed by atoms with E-state index >= 15 is 0 Å². The minimum Gasteiger partial charge on any atom is -0.484 e. The van der Waals surface area contributed by atoms with E-state index in [0.29, 0.717) is 43.6 Å². The first-order chi connectivity index (χ1) is 12.6.